The van der Waals surface area contributed by atoms with Crippen molar-refractivity contribution in [3.8, 4) is 5.75 Å². The minimum atomic E-state index is -2.48. The number of benzene rings is 1. The van der Waals surface area contributed by atoms with E-state index >= 15 is 0 Å². The molecule has 0 radical (unpaired) electrons. The fourth-order valence-electron chi connectivity index (χ4n) is 6.32. The van der Waals surface area contributed by atoms with Gasteiger partial charge in [-0.1, -0.05) is 26.8 Å². The molecule has 1 aromatic carbocycles. The molecule has 0 amide bonds. The van der Waals surface area contributed by atoms with Gasteiger partial charge in [-0.3, -0.25) is 4.72 Å². The summed E-state index contributed by atoms with van der Waals surface area (Å²) in [6.07, 6.45) is 4.70. The Morgan fingerprint density at radius 1 is 1.19 bits per heavy atom. The van der Waals surface area contributed by atoms with Crippen molar-refractivity contribution in [2.45, 2.75) is 82.0 Å². The third-order valence-corrected chi connectivity index (χ3v) is 10.4. The van der Waals surface area contributed by atoms with Crippen LogP contribution in [0.1, 0.15) is 69.9 Å². The highest BCUT2D eigenvalue weighted by Gasteiger charge is 2.52. The highest BCUT2D eigenvalue weighted by atomic mass is 32.2. The molecular weight excluding hydrogens is 416 g/mol. The van der Waals surface area contributed by atoms with Gasteiger partial charge < -0.3 is 9.47 Å². The molecule has 4 aliphatic rings. The zero-order valence-corrected chi connectivity index (χ0v) is 19.9. The second-order valence-electron chi connectivity index (χ2n) is 11.1. The van der Waals surface area contributed by atoms with E-state index in [1.807, 2.05) is 13.2 Å². The Labute approximate surface area is 187 Å². The molecule has 6 heteroatoms. The number of hydrogen-bond acceptors (Lipinski definition) is 3. The number of hydrogen-bond donors (Lipinski definition) is 1. The Morgan fingerprint density at radius 2 is 1.97 bits per heavy atom. The average molecular weight is 452 g/mol. The summed E-state index contributed by atoms with van der Waals surface area (Å²) in [6.45, 7) is 8.36. The molecule has 0 saturated heterocycles. The molecular formula is C25H35F2NO2S. The number of alkyl halides is 2. The topological polar surface area (TPSA) is 30.5 Å². The quantitative estimate of drug-likeness (QED) is 0.596. The SMILES string of the molecule is COC1CCC23CC1=S(C(C)(C)C)NCC2c1cc(OCC2CC(F)(F)C2)ccc1C3. The fourth-order valence-corrected chi connectivity index (χ4v) is 8.97. The lowest BCUT2D eigenvalue weighted by Crippen LogP contribution is -2.40. The predicted octanol–water partition coefficient (Wildman–Crippen LogP) is 5.69. The highest BCUT2D eigenvalue weighted by Crippen LogP contribution is 2.58. The van der Waals surface area contributed by atoms with E-state index in [0.717, 1.165) is 31.6 Å². The summed E-state index contributed by atoms with van der Waals surface area (Å²) in [7, 11) is 1.87. The number of ether oxygens (including phenoxy) is 2. The lowest BCUT2D eigenvalue weighted by atomic mass is 9.65. The first-order valence-corrected chi connectivity index (χ1v) is 12.8. The summed E-state index contributed by atoms with van der Waals surface area (Å²) in [5.41, 5.74) is 3.10. The van der Waals surface area contributed by atoms with Crippen molar-refractivity contribution < 1.29 is 18.3 Å². The smallest absolute Gasteiger partial charge is 0.248 e. The van der Waals surface area contributed by atoms with Crippen LogP contribution >= 0.6 is 10.7 Å². The van der Waals surface area contributed by atoms with Gasteiger partial charge in [0.05, 0.1) is 12.7 Å². The summed E-state index contributed by atoms with van der Waals surface area (Å²) in [5, 5.41) is 0. The van der Waals surface area contributed by atoms with Gasteiger partial charge in [0.2, 0.25) is 5.92 Å². The maximum atomic E-state index is 13.1. The van der Waals surface area contributed by atoms with Crippen LogP contribution in [0.15, 0.2) is 18.2 Å². The number of methoxy groups -OCH3 is 1. The van der Waals surface area contributed by atoms with Gasteiger partial charge in [-0.15, -0.1) is 10.7 Å². The third kappa shape index (κ3) is 3.87. The molecule has 31 heavy (non-hydrogen) atoms. The van der Waals surface area contributed by atoms with E-state index in [2.05, 4.69) is 37.6 Å². The van der Waals surface area contributed by atoms with Gasteiger partial charge in [0.1, 0.15) is 5.75 Å². The summed E-state index contributed by atoms with van der Waals surface area (Å²) in [4.78, 5) is 1.57. The van der Waals surface area contributed by atoms with Crippen molar-refractivity contribution in [2.75, 3.05) is 20.3 Å². The van der Waals surface area contributed by atoms with Crippen molar-refractivity contribution in [2.24, 2.45) is 11.3 Å². The number of rotatable bonds is 4. The van der Waals surface area contributed by atoms with E-state index in [1.165, 1.54) is 17.5 Å². The molecule has 5 rings (SSSR count). The van der Waals surface area contributed by atoms with Gasteiger partial charge in [0, 0.05) is 43.1 Å². The van der Waals surface area contributed by atoms with Crippen molar-refractivity contribution >= 4 is 15.5 Å². The van der Waals surface area contributed by atoms with Gasteiger partial charge in [0.15, 0.2) is 0 Å². The van der Waals surface area contributed by atoms with Crippen LogP contribution in [0.2, 0.25) is 0 Å². The van der Waals surface area contributed by atoms with Crippen LogP contribution in [0, 0.1) is 11.3 Å². The summed E-state index contributed by atoms with van der Waals surface area (Å²) >= 11 is 0. The molecule has 1 aliphatic heterocycles. The molecule has 1 N–H and O–H groups in total. The number of fused-ring (bicyclic) bond motifs is 3. The minimum Gasteiger partial charge on any atom is -0.493 e. The molecule has 3 aliphatic carbocycles. The van der Waals surface area contributed by atoms with E-state index in [0.29, 0.717) is 12.5 Å². The van der Waals surface area contributed by atoms with E-state index in [4.69, 9.17) is 9.47 Å². The van der Waals surface area contributed by atoms with Gasteiger partial charge in [-0.2, -0.15) is 0 Å². The summed E-state index contributed by atoms with van der Waals surface area (Å²) < 4.78 is 42.3. The molecule has 4 unspecified atom stereocenters. The number of nitrogens with one attached hydrogen (secondary N) is 1. The second kappa shape index (κ2) is 7.53. The Balaban J connectivity index is 1.39. The first kappa shape index (κ1) is 21.8. The lowest BCUT2D eigenvalue weighted by molar-refractivity contribution is -0.119. The molecule has 0 aromatic heterocycles. The average Bonchev–Trinajstić information content (AvgIpc) is 2.88. The summed E-state index contributed by atoms with van der Waals surface area (Å²) in [5.74, 6) is -1.21. The highest BCUT2D eigenvalue weighted by molar-refractivity contribution is 8.15. The van der Waals surface area contributed by atoms with E-state index in [9.17, 15) is 8.78 Å². The van der Waals surface area contributed by atoms with Crippen LogP contribution in [0.5, 0.6) is 5.75 Å². The van der Waals surface area contributed by atoms with Gasteiger partial charge in [-0.05, 0) is 59.2 Å². The van der Waals surface area contributed by atoms with Crippen LogP contribution in [-0.2, 0) is 11.2 Å². The standard InChI is InChI=1S/C25H35F2NO2S/c1-23(2,3)31-22-13-24(8-7-21(22)29-4)12-17-5-6-18(9-19(17)20(24)14-28-31)30-15-16-10-25(26,27)11-16/h5-6,9,16,20-21,28H,7-8,10-15H2,1-4H3. The second-order valence-corrected chi connectivity index (χ2v) is 13.7. The van der Waals surface area contributed by atoms with E-state index in [-0.39, 0.29) is 45.7 Å². The maximum Gasteiger partial charge on any atom is 0.248 e. The van der Waals surface area contributed by atoms with Crippen LogP contribution in [0.25, 0.3) is 0 Å². The third-order valence-electron chi connectivity index (χ3n) is 7.82. The monoisotopic (exact) mass is 451 g/mol. The van der Waals surface area contributed by atoms with E-state index < -0.39 is 5.92 Å². The Kier molecular flexibility index (Phi) is 5.30. The minimum absolute atomic E-state index is 0.0157. The van der Waals surface area contributed by atoms with Crippen molar-refractivity contribution in [3.63, 3.8) is 0 Å². The largest absolute Gasteiger partial charge is 0.493 e. The predicted molar refractivity (Wildman–Crippen MR) is 123 cm³/mol. The van der Waals surface area contributed by atoms with Crippen LogP contribution in [0.3, 0.4) is 0 Å². The molecule has 3 nitrogen and oxygen atoms in total. The zero-order valence-electron chi connectivity index (χ0n) is 19.1. The lowest BCUT2D eigenvalue weighted by Gasteiger charge is -2.42. The van der Waals surface area contributed by atoms with Gasteiger partial charge >= 0.3 is 0 Å². The maximum absolute atomic E-state index is 13.1. The molecule has 172 valence electrons. The Bertz CT molecular complexity index is 901. The van der Waals surface area contributed by atoms with Crippen LogP contribution < -0.4 is 9.46 Å². The van der Waals surface area contributed by atoms with Crippen LogP contribution in [0.4, 0.5) is 8.78 Å². The molecule has 2 fully saturated rings. The zero-order chi connectivity index (χ0) is 22.0. The number of halogens is 2. The molecule has 4 atom stereocenters. The molecule has 2 saturated carbocycles. The Hall–Kier alpha value is -0.980. The van der Waals surface area contributed by atoms with Gasteiger partial charge in [0.25, 0.3) is 0 Å². The molecule has 1 aromatic rings. The van der Waals surface area contributed by atoms with Crippen molar-refractivity contribution in [1.82, 2.24) is 4.72 Å². The van der Waals surface area contributed by atoms with Gasteiger partial charge in [-0.25, -0.2) is 8.78 Å². The van der Waals surface area contributed by atoms with Crippen molar-refractivity contribution in [3.05, 3.63) is 29.3 Å². The summed E-state index contributed by atoms with van der Waals surface area (Å²) in [6, 6.07) is 6.46. The molecule has 1 heterocycles. The molecule has 2 bridgehead atoms. The van der Waals surface area contributed by atoms with Crippen LogP contribution in [-0.4, -0.2) is 41.9 Å². The molecule has 1 spiro atoms. The fraction of sp³-hybridized carbons (Fsp3) is 0.720. The first-order valence-electron chi connectivity index (χ1n) is 11.6. The normalized spacial score (nSPS) is 34.5. The van der Waals surface area contributed by atoms with E-state index in [1.54, 1.807) is 4.86 Å². The van der Waals surface area contributed by atoms with Crippen molar-refractivity contribution in [1.29, 1.82) is 0 Å². The Morgan fingerprint density at radius 3 is 2.65 bits per heavy atom. The first-order chi connectivity index (χ1) is 14.6.